The molecule has 0 unspecified atom stereocenters. The molecule has 4 nitrogen and oxygen atoms in total. The zero-order chi connectivity index (χ0) is 11.6. The lowest BCUT2D eigenvalue weighted by Crippen LogP contribution is -2.31. The molecule has 0 aliphatic heterocycles. The highest BCUT2D eigenvalue weighted by molar-refractivity contribution is 9.10. The van der Waals surface area contributed by atoms with Crippen molar-refractivity contribution in [2.75, 3.05) is 17.7 Å². The van der Waals surface area contributed by atoms with Gasteiger partial charge in [0.15, 0.2) is 0 Å². The van der Waals surface area contributed by atoms with Crippen molar-refractivity contribution in [2.24, 2.45) is 0 Å². The van der Waals surface area contributed by atoms with Gasteiger partial charge in [0.05, 0.1) is 4.47 Å². The maximum atomic E-state index is 4.42. The average Bonchev–Trinajstić information content (AvgIpc) is 2.68. The van der Waals surface area contributed by atoms with E-state index in [-0.39, 0.29) is 5.54 Å². The van der Waals surface area contributed by atoms with E-state index in [4.69, 9.17) is 0 Å². The minimum atomic E-state index is 0.182. The third kappa shape index (κ3) is 2.45. The topological polar surface area (TPSA) is 49.8 Å². The van der Waals surface area contributed by atoms with Crippen LogP contribution in [0.2, 0.25) is 0 Å². The Hall–Kier alpha value is -0.840. The first-order valence-corrected chi connectivity index (χ1v) is 6.41. The Bertz CT molecular complexity index is 374. The average molecular weight is 285 g/mol. The summed E-state index contributed by atoms with van der Waals surface area (Å²) in [4.78, 5) is 8.56. The molecule has 16 heavy (non-hydrogen) atoms. The van der Waals surface area contributed by atoms with Gasteiger partial charge >= 0.3 is 0 Å². The van der Waals surface area contributed by atoms with E-state index in [0.717, 1.165) is 10.3 Å². The van der Waals surface area contributed by atoms with Crippen LogP contribution in [0.4, 0.5) is 11.8 Å². The number of hydrogen-bond acceptors (Lipinski definition) is 4. The lowest BCUT2D eigenvalue weighted by atomic mass is 10.0. The molecular formula is C11H17BrN4. The first kappa shape index (κ1) is 11.6. The second-order valence-electron chi connectivity index (χ2n) is 4.53. The van der Waals surface area contributed by atoms with Crippen LogP contribution in [0.1, 0.15) is 32.6 Å². The van der Waals surface area contributed by atoms with Gasteiger partial charge in [-0.15, -0.1) is 0 Å². The smallest absolute Gasteiger partial charge is 0.224 e. The van der Waals surface area contributed by atoms with Crippen LogP contribution in [-0.2, 0) is 0 Å². The van der Waals surface area contributed by atoms with Gasteiger partial charge in [0, 0.05) is 18.8 Å². The Morgan fingerprint density at radius 2 is 2.06 bits per heavy atom. The van der Waals surface area contributed by atoms with Gasteiger partial charge in [-0.1, -0.05) is 12.8 Å². The molecule has 0 saturated heterocycles. The normalized spacial score (nSPS) is 18.4. The molecule has 0 aromatic carbocycles. The van der Waals surface area contributed by atoms with Crippen molar-refractivity contribution in [1.29, 1.82) is 0 Å². The molecule has 1 aromatic heterocycles. The maximum Gasteiger partial charge on any atom is 0.224 e. The van der Waals surface area contributed by atoms with Crippen molar-refractivity contribution in [3.05, 3.63) is 10.7 Å². The molecule has 1 aromatic rings. The van der Waals surface area contributed by atoms with Gasteiger partial charge in [0.2, 0.25) is 5.95 Å². The first-order chi connectivity index (χ1) is 7.63. The third-order valence-corrected chi connectivity index (χ3v) is 3.68. The Balaban J connectivity index is 2.19. The van der Waals surface area contributed by atoms with E-state index in [1.165, 1.54) is 25.7 Å². The zero-order valence-corrected chi connectivity index (χ0v) is 11.3. The molecule has 1 fully saturated rings. The van der Waals surface area contributed by atoms with Gasteiger partial charge in [0.25, 0.3) is 0 Å². The highest BCUT2D eigenvalue weighted by Crippen LogP contribution is 2.34. The summed E-state index contributed by atoms with van der Waals surface area (Å²) < 4.78 is 0.916. The molecule has 1 aliphatic rings. The van der Waals surface area contributed by atoms with Crippen LogP contribution in [0, 0.1) is 0 Å². The standard InChI is InChI=1S/C11H17BrN4/c1-11(5-3-4-6-11)16-9-8(12)7-14-10(13-2)15-9/h7H,3-6H2,1-2H3,(H2,13,14,15,16). The SMILES string of the molecule is CNc1ncc(Br)c(NC2(C)CCCC2)n1. The van der Waals surface area contributed by atoms with E-state index < -0.39 is 0 Å². The molecule has 0 bridgehead atoms. The van der Waals surface area contributed by atoms with Crippen LogP contribution in [-0.4, -0.2) is 22.6 Å². The quantitative estimate of drug-likeness (QED) is 0.896. The summed E-state index contributed by atoms with van der Waals surface area (Å²) in [6.45, 7) is 2.26. The summed E-state index contributed by atoms with van der Waals surface area (Å²) in [5.74, 6) is 1.52. The molecule has 0 amide bonds. The Morgan fingerprint density at radius 3 is 2.69 bits per heavy atom. The van der Waals surface area contributed by atoms with E-state index in [2.05, 4.69) is 43.5 Å². The minimum absolute atomic E-state index is 0.182. The predicted molar refractivity (Wildman–Crippen MR) is 69.8 cm³/mol. The molecule has 1 aliphatic carbocycles. The number of nitrogens with one attached hydrogen (secondary N) is 2. The number of aromatic nitrogens is 2. The Kier molecular flexibility index (Phi) is 3.33. The number of rotatable bonds is 3. The summed E-state index contributed by atoms with van der Waals surface area (Å²) in [5.41, 5.74) is 0.182. The number of hydrogen-bond donors (Lipinski definition) is 2. The fourth-order valence-electron chi connectivity index (χ4n) is 2.14. The Labute approximate surface area is 104 Å². The highest BCUT2D eigenvalue weighted by atomic mass is 79.9. The van der Waals surface area contributed by atoms with Crippen molar-refractivity contribution < 1.29 is 0 Å². The van der Waals surface area contributed by atoms with Crippen molar-refractivity contribution in [2.45, 2.75) is 38.1 Å². The van der Waals surface area contributed by atoms with E-state index >= 15 is 0 Å². The molecule has 5 heteroatoms. The summed E-state index contributed by atoms with van der Waals surface area (Å²) >= 11 is 3.48. The van der Waals surface area contributed by atoms with Crippen LogP contribution in [0.15, 0.2) is 10.7 Å². The van der Waals surface area contributed by atoms with Gasteiger partial charge in [-0.2, -0.15) is 4.98 Å². The van der Waals surface area contributed by atoms with Crippen LogP contribution < -0.4 is 10.6 Å². The largest absolute Gasteiger partial charge is 0.364 e. The molecule has 88 valence electrons. The number of anilines is 2. The summed E-state index contributed by atoms with van der Waals surface area (Å²) in [6, 6.07) is 0. The van der Waals surface area contributed by atoms with Crippen LogP contribution >= 0.6 is 15.9 Å². The Morgan fingerprint density at radius 1 is 1.38 bits per heavy atom. The van der Waals surface area contributed by atoms with Gasteiger partial charge in [0.1, 0.15) is 5.82 Å². The van der Waals surface area contributed by atoms with Gasteiger partial charge in [-0.05, 0) is 35.7 Å². The molecule has 1 heterocycles. The predicted octanol–water partition coefficient (Wildman–Crippen LogP) is 3.03. The van der Waals surface area contributed by atoms with Crippen LogP contribution in [0.5, 0.6) is 0 Å². The van der Waals surface area contributed by atoms with Gasteiger partial charge in [-0.25, -0.2) is 4.98 Å². The van der Waals surface area contributed by atoms with Crippen LogP contribution in [0.3, 0.4) is 0 Å². The zero-order valence-electron chi connectivity index (χ0n) is 9.68. The van der Waals surface area contributed by atoms with Crippen LogP contribution in [0.25, 0.3) is 0 Å². The minimum Gasteiger partial charge on any atom is -0.364 e. The van der Waals surface area contributed by atoms with Gasteiger partial charge in [-0.3, -0.25) is 0 Å². The van der Waals surface area contributed by atoms with Crippen molar-refractivity contribution in [1.82, 2.24) is 9.97 Å². The lowest BCUT2D eigenvalue weighted by Gasteiger charge is -2.26. The summed E-state index contributed by atoms with van der Waals surface area (Å²) in [7, 11) is 1.82. The molecule has 0 spiro atoms. The van der Waals surface area contributed by atoms with E-state index in [0.29, 0.717) is 5.95 Å². The van der Waals surface area contributed by atoms with E-state index in [1.54, 1.807) is 6.20 Å². The summed E-state index contributed by atoms with van der Waals surface area (Å²) in [5, 5.41) is 6.47. The molecule has 2 rings (SSSR count). The molecule has 0 radical (unpaired) electrons. The first-order valence-electron chi connectivity index (χ1n) is 5.61. The summed E-state index contributed by atoms with van der Waals surface area (Å²) in [6.07, 6.45) is 6.78. The van der Waals surface area contributed by atoms with Crippen molar-refractivity contribution in [3.8, 4) is 0 Å². The van der Waals surface area contributed by atoms with Crippen molar-refractivity contribution >= 4 is 27.7 Å². The van der Waals surface area contributed by atoms with Crippen molar-refractivity contribution in [3.63, 3.8) is 0 Å². The molecular weight excluding hydrogens is 268 g/mol. The monoisotopic (exact) mass is 284 g/mol. The maximum absolute atomic E-state index is 4.42. The van der Waals surface area contributed by atoms with E-state index in [1.807, 2.05) is 7.05 Å². The van der Waals surface area contributed by atoms with E-state index in [9.17, 15) is 0 Å². The molecule has 2 N–H and O–H groups in total. The fourth-order valence-corrected chi connectivity index (χ4v) is 2.43. The van der Waals surface area contributed by atoms with Gasteiger partial charge < -0.3 is 10.6 Å². The second-order valence-corrected chi connectivity index (χ2v) is 5.39. The third-order valence-electron chi connectivity index (χ3n) is 3.09. The number of nitrogens with zero attached hydrogens (tertiary/aromatic N) is 2. The molecule has 0 atom stereocenters. The number of halogens is 1. The second kappa shape index (κ2) is 4.57. The lowest BCUT2D eigenvalue weighted by molar-refractivity contribution is 0.530. The highest BCUT2D eigenvalue weighted by Gasteiger charge is 2.29. The fraction of sp³-hybridized carbons (Fsp3) is 0.636. The molecule has 1 saturated carbocycles.